The molecule has 4 heteroatoms. The molecule has 1 saturated carbocycles. The number of rotatable bonds is 4. The van der Waals surface area contributed by atoms with E-state index in [1.54, 1.807) is 11.8 Å². The number of hydrogen-bond acceptors (Lipinski definition) is 3. The first kappa shape index (κ1) is 19.3. The fourth-order valence-corrected chi connectivity index (χ4v) is 5.28. The van der Waals surface area contributed by atoms with E-state index in [9.17, 15) is 4.79 Å². The van der Waals surface area contributed by atoms with Crippen LogP contribution in [0, 0.1) is 18.8 Å². The monoisotopic (exact) mass is 392 g/mol. The van der Waals surface area contributed by atoms with Crippen LogP contribution in [0.4, 0.5) is 0 Å². The van der Waals surface area contributed by atoms with Crippen LogP contribution in [-0.2, 0) is 5.75 Å². The molecular formula is C24H28N2OS. The molecule has 0 bridgehead atoms. The number of benzene rings is 2. The lowest BCUT2D eigenvalue weighted by atomic mass is 9.78. The van der Waals surface area contributed by atoms with E-state index in [-0.39, 0.29) is 11.6 Å². The van der Waals surface area contributed by atoms with Crippen molar-refractivity contribution in [3.05, 3.63) is 70.0 Å². The van der Waals surface area contributed by atoms with E-state index in [4.69, 9.17) is 4.98 Å². The van der Waals surface area contributed by atoms with Gasteiger partial charge in [-0.15, -0.1) is 0 Å². The molecule has 4 rings (SSSR count). The Morgan fingerprint density at radius 1 is 1.07 bits per heavy atom. The summed E-state index contributed by atoms with van der Waals surface area (Å²) < 4.78 is 2.02. The van der Waals surface area contributed by atoms with Gasteiger partial charge >= 0.3 is 0 Å². The second-order valence-electron chi connectivity index (χ2n) is 8.20. The van der Waals surface area contributed by atoms with Crippen LogP contribution >= 0.6 is 11.8 Å². The maximum atomic E-state index is 13.5. The van der Waals surface area contributed by atoms with Crippen molar-refractivity contribution in [3.63, 3.8) is 0 Å². The third-order valence-electron chi connectivity index (χ3n) is 6.26. The molecule has 0 amide bonds. The Kier molecular flexibility index (Phi) is 5.58. The Labute approximate surface area is 171 Å². The maximum Gasteiger partial charge on any atom is 0.262 e. The van der Waals surface area contributed by atoms with Gasteiger partial charge in [-0.3, -0.25) is 9.36 Å². The van der Waals surface area contributed by atoms with Crippen LogP contribution in [-0.4, -0.2) is 9.55 Å². The van der Waals surface area contributed by atoms with Gasteiger partial charge in [0.1, 0.15) is 0 Å². The van der Waals surface area contributed by atoms with E-state index >= 15 is 0 Å². The van der Waals surface area contributed by atoms with Crippen LogP contribution in [0.25, 0.3) is 10.9 Å². The highest BCUT2D eigenvalue weighted by Gasteiger charge is 2.31. The Balaban J connectivity index is 1.76. The SMILES string of the molecule is Cc1ccc(CSc2nc3ccccc3c(=O)n2[C@@H]2CCC[C@H](C)[C@@H]2C)cc1. The van der Waals surface area contributed by atoms with Crippen LogP contribution in [0.5, 0.6) is 0 Å². The number of hydrogen-bond donors (Lipinski definition) is 0. The predicted octanol–water partition coefficient (Wildman–Crippen LogP) is 5.99. The molecule has 1 fully saturated rings. The molecule has 0 radical (unpaired) electrons. The number of fused-ring (bicyclic) bond motifs is 1. The van der Waals surface area contributed by atoms with Crippen molar-refractivity contribution in [3.8, 4) is 0 Å². The lowest BCUT2D eigenvalue weighted by Gasteiger charge is -2.36. The van der Waals surface area contributed by atoms with Crippen molar-refractivity contribution >= 4 is 22.7 Å². The molecule has 1 heterocycles. The molecule has 146 valence electrons. The number of aromatic nitrogens is 2. The summed E-state index contributed by atoms with van der Waals surface area (Å²) in [6, 6.07) is 16.6. The van der Waals surface area contributed by atoms with Gasteiger partial charge in [0, 0.05) is 11.8 Å². The fraction of sp³-hybridized carbons (Fsp3) is 0.417. The zero-order chi connectivity index (χ0) is 19.7. The highest BCUT2D eigenvalue weighted by molar-refractivity contribution is 7.98. The van der Waals surface area contributed by atoms with Gasteiger partial charge in [0.25, 0.3) is 5.56 Å². The zero-order valence-electron chi connectivity index (χ0n) is 16.9. The van der Waals surface area contributed by atoms with Gasteiger partial charge in [-0.1, -0.05) is 80.4 Å². The first-order chi connectivity index (χ1) is 13.5. The van der Waals surface area contributed by atoms with Crippen molar-refractivity contribution in [2.24, 2.45) is 11.8 Å². The fourth-order valence-electron chi connectivity index (χ4n) is 4.27. The Hall–Kier alpha value is -2.07. The van der Waals surface area contributed by atoms with E-state index < -0.39 is 0 Å². The van der Waals surface area contributed by atoms with Crippen LogP contribution < -0.4 is 5.56 Å². The first-order valence-electron chi connectivity index (χ1n) is 10.2. The van der Waals surface area contributed by atoms with Crippen molar-refractivity contribution in [1.29, 1.82) is 0 Å². The Morgan fingerprint density at radius 3 is 2.61 bits per heavy atom. The molecule has 1 aliphatic rings. The van der Waals surface area contributed by atoms with Gasteiger partial charge in [-0.25, -0.2) is 4.98 Å². The van der Waals surface area contributed by atoms with Crippen molar-refractivity contribution in [2.75, 3.05) is 0 Å². The highest BCUT2D eigenvalue weighted by atomic mass is 32.2. The predicted molar refractivity (Wildman–Crippen MR) is 118 cm³/mol. The molecule has 3 nitrogen and oxygen atoms in total. The van der Waals surface area contributed by atoms with Crippen molar-refractivity contribution < 1.29 is 0 Å². The number of thioether (sulfide) groups is 1. The molecule has 0 unspecified atom stereocenters. The molecule has 1 aromatic heterocycles. The number of para-hydroxylation sites is 1. The van der Waals surface area contributed by atoms with Gasteiger partial charge < -0.3 is 0 Å². The van der Waals surface area contributed by atoms with Gasteiger partial charge in [0.15, 0.2) is 5.16 Å². The first-order valence-corrected chi connectivity index (χ1v) is 11.2. The van der Waals surface area contributed by atoms with Gasteiger partial charge in [-0.2, -0.15) is 0 Å². The molecule has 0 N–H and O–H groups in total. The minimum Gasteiger partial charge on any atom is -0.284 e. The van der Waals surface area contributed by atoms with Gasteiger partial charge in [-0.05, 0) is 42.9 Å². The van der Waals surface area contributed by atoms with Crippen LogP contribution in [0.2, 0.25) is 0 Å². The zero-order valence-corrected chi connectivity index (χ0v) is 17.7. The van der Waals surface area contributed by atoms with E-state index in [0.29, 0.717) is 11.8 Å². The second kappa shape index (κ2) is 8.12. The molecular weight excluding hydrogens is 364 g/mol. The molecule has 1 aliphatic carbocycles. The Morgan fingerprint density at radius 2 is 1.82 bits per heavy atom. The lowest BCUT2D eigenvalue weighted by molar-refractivity contribution is 0.173. The minimum atomic E-state index is 0.114. The normalized spacial score (nSPS) is 22.5. The van der Waals surface area contributed by atoms with Crippen LogP contribution in [0.1, 0.15) is 50.3 Å². The molecule has 3 atom stereocenters. The summed E-state index contributed by atoms with van der Waals surface area (Å²) in [7, 11) is 0. The number of aryl methyl sites for hydroxylation is 1. The van der Waals surface area contributed by atoms with E-state index in [2.05, 4.69) is 45.0 Å². The summed E-state index contributed by atoms with van der Waals surface area (Å²) in [5.41, 5.74) is 3.43. The van der Waals surface area contributed by atoms with E-state index in [1.165, 1.54) is 24.0 Å². The maximum absolute atomic E-state index is 13.5. The molecule has 0 saturated heterocycles. The van der Waals surface area contributed by atoms with E-state index in [1.807, 2.05) is 28.8 Å². The number of nitrogens with zero attached hydrogens (tertiary/aromatic N) is 2. The summed E-state index contributed by atoms with van der Waals surface area (Å²) >= 11 is 1.68. The largest absolute Gasteiger partial charge is 0.284 e. The molecule has 3 aromatic rings. The summed E-state index contributed by atoms with van der Waals surface area (Å²) in [5.74, 6) is 1.93. The molecule has 0 aliphatic heterocycles. The lowest BCUT2D eigenvalue weighted by Crippen LogP contribution is -2.35. The van der Waals surface area contributed by atoms with Crippen molar-refractivity contribution in [2.45, 2.75) is 57.0 Å². The van der Waals surface area contributed by atoms with Crippen LogP contribution in [0.15, 0.2) is 58.5 Å². The van der Waals surface area contributed by atoms with Crippen LogP contribution in [0.3, 0.4) is 0 Å². The molecule has 28 heavy (non-hydrogen) atoms. The van der Waals surface area contributed by atoms with Gasteiger partial charge in [0.2, 0.25) is 0 Å². The summed E-state index contributed by atoms with van der Waals surface area (Å²) in [4.78, 5) is 18.4. The van der Waals surface area contributed by atoms with Crippen molar-refractivity contribution in [1.82, 2.24) is 9.55 Å². The average molecular weight is 393 g/mol. The average Bonchev–Trinajstić information content (AvgIpc) is 2.70. The summed E-state index contributed by atoms with van der Waals surface area (Å²) in [6.07, 6.45) is 3.49. The topological polar surface area (TPSA) is 34.9 Å². The third-order valence-corrected chi connectivity index (χ3v) is 7.28. The van der Waals surface area contributed by atoms with Gasteiger partial charge in [0.05, 0.1) is 10.9 Å². The molecule has 0 spiro atoms. The summed E-state index contributed by atoms with van der Waals surface area (Å²) in [5, 5.41) is 1.59. The highest BCUT2D eigenvalue weighted by Crippen LogP contribution is 2.39. The molecule has 2 aromatic carbocycles. The van der Waals surface area contributed by atoms with E-state index in [0.717, 1.165) is 28.2 Å². The smallest absolute Gasteiger partial charge is 0.262 e. The summed E-state index contributed by atoms with van der Waals surface area (Å²) in [6.45, 7) is 6.71. The second-order valence-corrected chi connectivity index (χ2v) is 9.14. The minimum absolute atomic E-state index is 0.114. The Bertz CT molecular complexity index is 1020. The third kappa shape index (κ3) is 3.75. The standard InChI is InChI=1S/C24H28N2OS/c1-16-11-13-19(14-12-16)15-28-24-25-21-9-5-4-8-20(21)23(27)26(24)22-10-6-7-17(2)18(22)3/h4-5,8-9,11-14,17-18,22H,6-7,10,15H2,1-3H3/t17-,18-,22+/m0/s1. The quantitative estimate of drug-likeness (QED) is 0.404.